The van der Waals surface area contributed by atoms with Crippen LogP contribution in [0.15, 0.2) is 38.8 Å². The van der Waals surface area contributed by atoms with E-state index < -0.39 is 21.7 Å². The fraction of sp³-hybridized carbons (Fsp3) is 0.333. The highest BCUT2D eigenvalue weighted by Gasteiger charge is 2.35. The quantitative estimate of drug-likeness (QED) is 0.630. The summed E-state index contributed by atoms with van der Waals surface area (Å²) in [7, 11) is -2.39. The Hall–Kier alpha value is -1.91. The molecule has 2 N–H and O–H groups in total. The minimum absolute atomic E-state index is 0.0213. The summed E-state index contributed by atoms with van der Waals surface area (Å²) in [5.74, 6) is -1.22. The van der Waals surface area contributed by atoms with Crippen LogP contribution in [0.1, 0.15) is 0 Å². The number of rotatable bonds is 6. The lowest BCUT2D eigenvalue weighted by Gasteiger charge is -2.16. The largest absolute Gasteiger partial charge is 0.466 e. The molecule has 8 nitrogen and oxygen atoms in total. The van der Waals surface area contributed by atoms with E-state index in [1.165, 1.54) is 24.1 Å². The minimum Gasteiger partial charge on any atom is -0.466 e. The van der Waals surface area contributed by atoms with Gasteiger partial charge in [0.05, 0.1) is 36.4 Å². The number of aliphatic hydroxyl groups excluding tert-OH is 1. The van der Waals surface area contributed by atoms with Crippen LogP contribution in [-0.4, -0.2) is 63.4 Å². The molecule has 0 radical (unpaired) electrons. The smallest absolute Gasteiger partial charge is 0.337 e. The second-order valence-corrected chi connectivity index (χ2v) is 8.23. The summed E-state index contributed by atoms with van der Waals surface area (Å²) in [4.78, 5) is 25.7. The fourth-order valence-electron chi connectivity index (χ4n) is 2.39. The van der Waals surface area contributed by atoms with E-state index in [4.69, 9.17) is 5.11 Å². The number of benzene rings is 1. The monoisotopic (exact) mass is 432 g/mol. The van der Waals surface area contributed by atoms with Crippen LogP contribution in [0.5, 0.6) is 0 Å². The molecule has 1 heterocycles. The van der Waals surface area contributed by atoms with E-state index in [-0.39, 0.29) is 41.5 Å². The number of amides is 1. The Morgan fingerprint density at radius 1 is 1.44 bits per heavy atom. The number of anilines is 1. The van der Waals surface area contributed by atoms with Crippen molar-refractivity contribution in [3.8, 4) is 0 Å². The molecule has 10 heteroatoms. The molecular formula is C15H17BrN2O6S. The van der Waals surface area contributed by atoms with Gasteiger partial charge in [-0.15, -0.1) is 0 Å². The van der Waals surface area contributed by atoms with Crippen molar-refractivity contribution >= 4 is 43.3 Å². The summed E-state index contributed by atoms with van der Waals surface area (Å²) < 4.78 is 29.3. The molecule has 136 valence electrons. The Labute approximate surface area is 153 Å². The number of carbonyl (C=O) groups is 2. The molecule has 25 heavy (non-hydrogen) atoms. The van der Waals surface area contributed by atoms with Crippen LogP contribution in [0.3, 0.4) is 0 Å². The van der Waals surface area contributed by atoms with E-state index in [0.717, 1.165) is 6.26 Å². The summed E-state index contributed by atoms with van der Waals surface area (Å²) in [6.45, 7) is -0.247. The number of carbonyl (C=O) groups excluding carboxylic acids is 2. The van der Waals surface area contributed by atoms with Crippen LogP contribution in [0.25, 0.3) is 0 Å². The first-order valence-electron chi connectivity index (χ1n) is 7.17. The first-order valence-corrected chi connectivity index (χ1v) is 9.85. The lowest BCUT2D eigenvalue weighted by molar-refractivity contribution is -0.136. The summed E-state index contributed by atoms with van der Waals surface area (Å²) in [6.07, 6.45) is 1.05. The lowest BCUT2D eigenvalue weighted by atomic mass is 10.2. The van der Waals surface area contributed by atoms with E-state index >= 15 is 0 Å². The number of esters is 1. The van der Waals surface area contributed by atoms with Gasteiger partial charge in [0.1, 0.15) is 5.70 Å². The number of methoxy groups -OCH3 is 1. The second-order valence-electron chi connectivity index (χ2n) is 5.33. The molecule has 0 unspecified atom stereocenters. The zero-order valence-corrected chi connectivity index (χ0v) is 16.0. The molecule has 0 saturated carbocycles. The summed E-state index contributed by atoms with van der Waals surface area (Å²) >= 11 is 3.21. The molecule has 0 atom stereocenters. The topological polar surface area (TPSA) is 113 Å². The van der Waals surface area contributed by atoms with Crippen molar-refractivity contribution in [3.63, 3.8) is 0 Å². The molecule has 1 aromatic carbocycles. The van der Waals surface area contributed by atoms with Gasteiger partial charge >= 0.3 is 5.97 Å². The number of hydrogen-bond acceptors (Lipinski definition) is 7. The Bertz CT molecular complexity index is 850. The van der Waals surface area contributed by atoms with Gasteiger partial charge < -0.3 is 20.1 Å². The molecular weight excluding hydrogens is 416 g/mol. The van der Waals surface area contributed by atoms with Crippen LogP contribution in [0.4, 0.5) is 5.69 Å². The van der Waals surface area contributed by atoms with Crippen molar-refractivity contribution in [1.29, 1.82) is 0 Å². The summed E-state index contributed by atoms with van der Waals surface area (Å²) in [5, 5.41) is 11.8. The van der Waals surface area contributed by atoms with Crippen LogP contribution in [-0.2, 0) is 24.2 Å². The van der Waals surface area contributed by atoms with Gasteiger partial charge in [-0.05, 0) is 18.2 Å². The van der Waals surface area contributed by atoms with E-state index in [1.54, 1.807) is 6.07 Å². The third-order valence-electron chi connectivity index (χ3n) is 3.56. The number of nitrogens with one attached hydrogen (secondary N) is 1. The Morgan fingerprint density at radius 2 is 2.12 bits per heavy atom. The molecule has 0 aromatic heterocycles. The SMILES string of the molecule is COC(=O)C1=C(Nc2ccc(Br)cc2S(C)(=O)=O)C(=O)N(CCO)C1. The fourth-order valence-corrected chi connectivity index (χ4v) is 3.76. The third kappa shape index (κ3) is 4.20. The molecule has 0 spiro atoms. The Balaban J connectivity index is 2.49. The van der Waals surface area contributed by atoms with Crippen LogP contribution in [0.2, 0.25) is 0 Å². The standard InChI is InChI=1S/C15H17BrN2O6S/c1-24-15(21)10-8-18(5-6-19)14(20)13(10)17-11-4-3-9(16)7-12(11)25(2,22)23/h3-4,7,17,19H,5-6,8H2,1-2H3. The Morgan fingerprint density at radius 3 is 2.68 bits per heavy atom. The molecule has 0 bridgehead atoms. The van der Waals surface area contributed by atoms with Crippen molar-refractivity contribution in [1.82, 2.24) is 4.90 Å². The van der Waals surface area contributed by atoms with E-state index in [1.807, 2.05) is 0 Å². The predicted octanol–water partition coefficient (Wildman–Crippen LogP) is 0.526. The predicted molar refractivity (Wildman–Crippen MR) is 93.6 cm³/mol. The van der Waals surface area contributed by atoms with Crippen LogP contribution < -0.4 is 5.32 Å². The molecule has 1 amide bonds. The average Bonchev–Trinajstić information content (AvgIpc) is 2.84. The minimum atomic E-state index is -3.58. The van der Waals surface area contributed by atoms with Crippen molar-refractivity contribution in [2.75, 3.05) is 38.4 Å². The molecule has 0 aliphatic carbocycles. The van der Waals surface area contributed by atoms with Crippen molar-refractivity contribution in [2.24, 2.45) is 0 Å². The summed E-state index contributed by atoms with van der Waals surface area (Å²) in [6, 6.07) is 4.51. The molecule has 1 aliphatic heterocycles. The first kappa shape index (κ1) is 19.4. The number of sulfone groups is 1. The van der Waals surface area contributed by atoms with Gasteiger partial charge in [-0.3, -0.25) is 4.79 Å². The lowest BCUT2D eigenvalue weighted by Crippen LogP contribution is -2.31. The van der Waals surface area contributed by atoms with Gasteiger partial charge in [-0.2, -0.15) is 0 Å². The van der Waals surface area contributed by atoms with E-state index in [9.17, 15) is 18.0 Å². The number of hydrogen-bond donors (Lipinski definition) is 2. The first-order chi connectivity index (χ1) is 11.7. The van der Waals surface area contributed by atoms with Crippen molar-refractivity contribution < 1.29 is 27.9 Å². The number of halogens is 1. The molecule has 0 saturated heterocycles. The van der Waals surface area contributed by atoms with Gasteiger partial charge in [0, 0.05) is 17.3 Å². The molecule has 1 aromatic rings. The van der Waals surface area contributed by atoms with Crippen molar-refractivity contribution in [3.05, 3.63) is 33.9 Å². The maximum absolute atomic E-state index is 12.5. The van der Waals surface area contributed by atoms with E-state index in [0.29, 0.717) is 4.47 Å². The number of nitrogens with zero attached hydrogens (tertiary/aromatic N) is 1. The Kier molecular flexibility index (Phi) is 5.86. The van der Waals surface area contributed by atoms with E-state index in [2.05, 4.69) is 26.0 Å². The molecule has 2 rings (SSSR count). The normalized spacial score (nSPS) is 14.9. The maximum Gasteiger partial charge on any atom is 0.337 e. The number of β-amino-alcohol motifs (C(OH)–C–C–N with tert-alkyl or cyclic N) is 1. The number of ether oxygens (including phenoxy) is 1. The van der Waals surface area contributed by atoms with Gasteiger partial charge in [0.2, 0.25) is 0 Å². The molecule has 0 fully saturated rings. The van der Waals surface area contributed by atoms with Crippen LogP contribution in [0, 0.1) is 0 Å². The second kappa shape index (κ2) is 7.54. The van der Waals surface area contributed by atoms with Crippen molar-refractivity contribution in [2.45, 2.75) is 4.90 Å². The summed E-state index contributed by atoms with van der Waals surface area (Å²) in [5.41, 5.74) is 0.178. The molecule has 1 aliphatic rings. The third-order valence-corrected chi connectivity index (χ3v) is 5.19. The van der Waals surface area contributed by atoms with Crippen LogP contribution >= 0.6 is 15.9 Å². The highest BCUT2D eigenvalue weighted by atomic mass is 79.9. The number of aliphatic hydroxyl groups is 1. The van der Waals surface area contributed by atoms with Gasteiger partial charge in [-0.25, -0.2) is 13.2 Å². The highest BCUT2D eigenvalue weighted by Crippen LogP contribution is 2.29. The van der Waals surface area contributed by atoms with Gasteiger partial charge in [0.15, 0.2) is 9.84 Å². The zero-order chi connectivity index (χ0) is 18.8. The van der Waals surface area contributed by atoms with Gasteiger partial charge in [0.25, 0.3) is 5.91 Å². The zero-order valence-electron chi connectivity index (χ0n) is 13.6. The average molecular weight is 433 g/mol. The van der Waals surface area contributed by atoms with Gasteiger partial charge in [-0.1, -0.05) is 15.9 Å². The maximum atomic E-state index is 12.5. The highest BCUT2D eigenvalue weighted by molar-refractivity contribution is 9.10.